The number of likely N-dealkylation sites (N-methyl/N-ethyl adjacent to an activating group) is 1. The van der Waals surface area contributed by atoms with E-state index in [1.165, 1.54) is 0 Å². The molecule has 3 heterocycles. The SMILES string of the molecule is CNC1CCN(c2nc(N)nc3c2CCOc2ccc(OCc4ccccc4)cc2-3)C1. The molecule has 0 radical (unpaired) electrons. The molecular weight excluding hydrogens is 390 g/mol. The largest absolute Gasteiger partial charge is 0.493 e. The first kappa shape index (κ1) is 19.6. The van der Waals surface area contributed by atoms with Crippen LogP contribution >= 0.6 is 0 Å². The van der Waals surface area contributed by atoms with Gasteiger partial charge in [-0.05, 0) is 37.2 Å². The summed E-state index contributed by atoms with van der Waals surface area (Å²) in [5, 5.41) is 3.36. The van der Waals surface area contributed by atoms with Crippen molar-refractivity contribution in [3.05, 3.63) is 59.7 Å². The Morgan fingerprint density at radius 2 is 2.06 bits per heavy atom. The van der Waals surface area contributed by atoms with Gasteiger partial charge in [-0.15, -0.1) is 0 Å². The van der Waals surface area contributed by atoms with E-state index >= 15 is 0 Å². The maximum Gasteiger partial charge on any atom is 0.222 e. The van der Waals surface area contributed by atoms with Crippen LogP contribution < -0.4 is 25.4 Å². The molecule has 3 N–H and O–H groups in total. The maximum absolute atomic E-state index is 6.16. The van der Waals surface area contributed by atoms with Gasteiger partial charge < -0.3 is 25.4 Å². The molecule has 1 saturated heterocycles. The Bertz CT molecular complexity index is 1070. The average molecular weight is 418 g/mol. The van der Waals surface area contributed by atoms with Crippen LogP contribution in [-0.2, 0) is 13.0 Å². The highest BCUT2D eigenvalue weighted by molar-refractivity contribution is 5.77. The zero-order valence-corrected chi connectivity index (χ0v) is 17.7. The van der Waals surface area contributed by atoms with Gasteiger partial charge in [-0.1, -0.05) is 30.3 Å². The van der Waals surface area contributed by atoms with Crippen molar-refractivity contribution in [3.8, 4) is 22.8 Å². The van der Waals surface area contributed by atoms with Gasteiger partial charge in [-0.3, -0.25) is 0 Å². The summed E-state index contributed by atoms with van der Waals surface area (Å²) in [4.78, 5) is 11.6. The van der Waals surface area contributed by atoms with Gasteiger partial charge in [0.15, 0.2) is 0 Å². The average Bonchev–Trinajstić information content (AvgIpc) is 3.21. The molecule has 5 rings (SSSR count). The minimum absolute atomic E-state index is 0.283. The maximum atomic E-state index is 6.16. The van der Waals surface area contributed by atoms with Gasteiger partial charge in [0.05, 0.1) is 12.3 Å². The molecule has 0 saturated carbocycles. The molecule has 0 spiro atoms. The Morgan fingerprint density at radius 1 is 1.19 bits per heavy atom. The molecule has 2 aliphatic heterocycles. The van der Waals surface area contributed by atoms with Gasteiger partial charge in [-0.25, -0.2) is 4.98 Å². The molecular formula is C24H27N5O2. The Labute approximate surface area is 182 Å². The molecule has 2 aromatic carbocycles. The number of benzene rings is 2. The lowest BCUT2D eigenvalue weighted by atomic mass is 10.0. The van der Waals surface area contributed by atoms with Crippen molar-refractivity contribution in [1.29, 1.82) is 0 Å². The van der Waals surface area contributed by atoms with Crippen LogP contribution in [0.1, 0.15) is 17.5 Å². The van der Waals surface area contributed by atoms with Crippen molar-refractivity contribution in [3.63, 3.8) is 0 Å². The smallest absolute Gasteiger partial charge is 0.222 e. The molecule has 3 aromatic rings. The van der Waals surface area contributed by atoms with Gasteiger partial charge in [0.25, 0.3) is 0 Å². The summed E-state index contributed by atoms with van der Waals surface area (Å²) in [7, 11) is 2.00. The van der Waals surface area contributed by atoms with E-state index in [9.17, 15) is 0 Å². The molecule has 0 amide bonds. The number of nitrogen functional groups attached to an aromatic ring is 1. The van der Waals surface area contributed by atoms with Crippen LogP contribution in [0.5, 0.6) is 11.5 Å². The summed E-state index contributed by atoms with van der Waals surface area (Å²) in [6.45, 7) is 2.94. The number of hydrogen-bond acceptors (Lipinski definition) is 7. The van der Waals surface area contributed by atoms with Crippen LogP contribution in [0.2, 0.25) is 0 Å². The molecule has 1 aromatic heterocycles. The minimum atomic E-state index is 0.283. The van der Waals surface area contributed by atoms with Crippen LogP contribution in [0.3, 0.4) is 0 Å². The predicted molar refractivity (Wildman–Crippen MR) is 122 cm³/mol. The second-order valence-corrected chi connectivity index (χ2v) is 7.98. The van der Waals surface area contributed by atoms with Crippen LogP contribution in [0, 0.1) is 0 Å². The summed E-state index contributed by atoms with van der Waals surface area (Å²) in [5.74, 6) is 2.77. The summed E-state index contributed by atoms with van der Waals surface area (Å²) in [6.07, 6.45) is 1.82. The summed E-state index contributed by atoms with van der Waals surface area (Å²) in [5.41, 5.74) is 10.1. The van der Waals surface area contributed by atoms with Gasteiger partial charge in [-0.2, -0.15) is 4.98 Å². The van der Waals surface area contributed by atoms with Crippen molar-refractivity contribution in [2.45, 2.75) is 25.5 Å². The van der Waals surface area contributed by atoms with Crippen molar-refractivity contribution in [2.24, 2.45) is 0 Å². The standard InChI is InChI=1S/C24H27N5O2/c1-26-17-9-11-29(14-17)23-19-10-12-30-21-8-7-18(31-15-16-5-3-2-4-6-16)13-20(21)22(19)27-24(25)28-23/h2-8,13,17,26H,9-12,14-15H2,1H3,(H2,25,27,28). The third kappa shape index (κ3) is 4.01. The molecule has 1 atom stereocenters. The lowest BCUT2D eigenvalue weighted by Crippen LogP contribution is -2.30. The normalized spacial score (nSPS) is 17.5. The molecule has 1 unspecified atom stereocenters. The second kappa shape index (κ2) is 8.43. The Hall–Kier alpha value is -3.32. The van der Waals surface area contributed by atoms with Crippen LogP contribution in [-0.4, -0.2) is 42.8 Å². The fraction of sp³-hybridized carbons (Fsp3) is 0.333. The van der Waals surface area contributed by atoms with E-state index in [2.05, 4.69) is 32.3 Å². The number of aromatic nitrogens is 2. The van der Waals surface area contributed by atoms with Gasteiger partial charge >= 0.3 is 0 Å². The number of nitrogens with two attached hydrogens (primary N) is 1. The summed E-state index contributed by atoms with van der Waals surface area (Å²) < 4.78 is 12.1. The lowest BCUT2D eigenvalue weighted by molar-refractivity contribution is 0.303. The topological polar surface area (TPSA) is 85.5 Å². The fourth-order valence-electron chi connectivity index (χ4n) is 4.31. The second-order valence-electron chi connectivity index (χ2n) is 7.98. The fourth-order valence-corrected chi connectivity index (χ4v) is 4.31. The van der Waals surface area contributed by atoms with Crippen molar-refractivity contribution in [2.75, 3.05) is 37.4 Å². The minimum Gasteiger partial charge on any atom is -0.493 e. The number of nitrogens with one attached hydrogen (secondary N) is 1. The molecule has 7 nitrogen and oxygen atoms in total. The first-order chi connectivity index (χ1) is 15.2. The van der Waals surface area contributed by atoms with Crippen molar-refractivity contribution < 1.29 is 9.47 Å². The highest BCUT2D eigenvalue weighted by atomic mass is 16.5. The van der Waals surface area contributed by atoms with E-state index in [0.29, 0.717) is 19.3 Å². The highest BCUT2D eigenvalue weighted by Crippen LogP contribution is 2.40. The molecule has 7 heteroatoms. The number of rotatable bonds is 5. The van der Waals surface area contributed by atoms with E-state index in [4.69, 9.17) is 15.2 Å². The number of nitrogens with zero attached hydrogens (tertiary/aromatic N) is 3. The highest BCUT2D eigenvalue weighted by Gasteiger charge is 2.28. The van der Waals surface area contributed by atoms with Gasteiger partial charge in [0, 0.05) is 36.7 Å². The molecule has 31 heavy (non-hydrogen) atoms. The molecule has 160 valence electrons. The molecule has 0 aliphatic carbocycles. The van der Waals surface area contributed by atoms with Crippen LogP contribution in [0.25, 0.3) is 11.3 Å². The van der Waals surface area contributed by atoms with E-state index in [0.717, 1.165) is 65.6 Å². The van der Waals surface area contributed by atoms with Crippen molar-refractivity contribution >= 4 is 11.8 Å². The van der Waals surface area contributed by atoms with Crippen LogP contribution in [0.15, 0.2) is 48.5 Å². The third-order valence-electron chi connectivity index (χ3n) is 5.96. The monoisotopic (exact) mass is 417 g/mol. The van der Waals surface area contributed by atoms with E-state index < -0.39 is 0 Å². The zero-order chi connectivity index (χ0) is 21.2. The van der Waals surface area contributed by atoms with Gasteiger partial charge in [0.2, 0.25) is 5.95 Å². The number of fused-ring (bicyclic) bond motifs is 3. The number of hydrogen-bond donors (Lipinski definition) is 2. The Morgan fingerprint density at radius 3 is 2.87 bits per heavy atom. The van der Waals surface area contributed by atoms with Gasteiger partial charge in [0.1, 0.15) is 23.9 Å². The van der Waals surface area contributed by atoms with E-state index in [1.54, 1.807) is 0 Å². The molecule has 2 aliphatic rings. The first-order valence-electron chi connectivity index (χ1n) is 10.7. The Kier molecular flexibility index (Phi) is 5.34. The molecule has 0 bridgehead atoms. The summed E-state index contributed by atoms with van der Waals surface area (Å²) >= 11 is 0. The first-order valence-corrected chi connectivity index (χ1v) is 10.7. The van der Waals surface area contributed by atoms with E-state index in [1.807, 2.05) is 43.4 Å². The van der Waals surface area contributed by atoms with E-state index in [-0.39, 0.29) is 5.95 Å². The van der Waals surface area contributed by atoms with Crippen LogP contribution in [0.4, 0.5) is 11.8 Å². The number of ether oxygens (including phenoxy) is 2. The molecule has 1 fully saturated rings. The Balaban J connectivity index is 1.50. The third-order valence-corrected chi connectivity index (χ3v) is 5.96. The number of anilines is 2. The zero-order valence-electron chi connectivity index (χ0n) is 17.7. The van der Waals surface area contributed by atoms with Crippen molar-refractivity contribution in [1.82, 2.24) is 15.3 Å². The summed E-state index contributed by atoms with van der Waals surface area (Å²) in [6, 6.07) is 16.5. The lowest BCUT2D eigenvalue weighted by Gasteiger charge is -2.22. The quantitative estimate of drug-likeness (QED) is 0.660. The predicted octanol–water partition coefficient (Wildman–Crippen LogP) is 3.04.